The fraction of sp³-hybridized carbons (Fsp3) is 0.391. The highest BCUT2D eigenvalue weighted by atomic mass is 35.5. The molecule has 5 nitrogen and oxygen atoms in total. The van der Waals surface area contributed by atoms with Crippen LogP contribution in [-0.2, 0) is 4.79 Å². The molecule has 2 heterocycles. The third kappa shape index (κ3) is 4.40. The van der Waals surface area contributed by atoms with E-state index in [1.165, 1.54) is 0 Å². The highest BCUT2D eigenvalue weighted by molar-refractivity contribution is 7.22. The first kappa shape index (κ1) is 20.9. The number of amides is 1. The van der Waals surface area contributed by atoms with Crippen molar-refractivity contribution >= 4 is 44.2 Å². The highest BCUT2D eigenvalue weighted by Crippen LogP contribution is 2.31. The summed E-state index contributed by atoms with van der Waals surface area (Å²) in [6.45, 7) is 8.93. The molecule has 1 aliphatic rings. The molecule has 7 heteroatoms. The minimum absolute atomic E-state index is 0.0318. The zero-order valence-electron chi connectivity index (χ0n) is 17.5. The summed E-state index contributed by atoms with van der Waals surface area (Å²) in [7, 11) is 0. The number of halogens is 1. The van der Waals surface area contributed by atoms with Crippen molar-refractivity contribution in [2.75, 3.05) is 31.1 Å². The maximum atomic E-state index is 13.0. The van der Waals surface area contributed by atoms with Gasteiger partial charge in [-0.1, -0.05) is 55.0 Å². The maximum absolute atomic E-state index is 13.0. The number of fused-ring (bicyclic) bond motifs is 1. The molecule has 1 unspecified atom stereocenters. The van der Waals surface area contributed by atoms with E-state index in [4.69, 9.17) is 21.3 Å². The van der Waals surface area contributed by atoms with E-state index < -0.39 is 6.10 Å². The Hall–Kier alpha value is -2.31. The molecule has 0 aliphatic carbocycles. The number of piperazine rings is 1. The first-order valence-corrected chi connectivity index (χ1v) is 11.5. The van der Waals surface area contributed by atoms with Crippen molar-refractivity contribution in [3.63, 3.8) is 0 Å². The largest absolute Gasteiger partial charge is 0.481 e. The van der Waals surface area contributed by atoms with Gasteiger partial charge in [-0.15, -0.1) is 0 Å². The molecular formula is C23H26ClN3O2S. The molecule has 0 saturated carbocycles. The van der Waals surface area contributed by atoms with Gasteiger partial charge in [-0.3, -0.25) is 4.79 Å². The molecule has 0 N–H and O–H groups in total. The summed E-state index contributed by atoms with van der Waals surface area (Å²) < 4.78 is 7.14. The standard InChI is InChI=1S/C23H26ClN3O2S/c1-15(2)18-6-4-5-7-20(18)29-16(3)22(28)26-10-12-27(13-11-26)23-25-19-9-8-17(24)14-21(19)30-23/h4-9,14-16H,10-13H2,1-3H3. The Morgan fingerprint density at radius 2 is 1.83 bits per heavy atom. The number of nitrogens with zero attached hydrogens (tertiary/aromatic N) is 3. The van der Waals surface area contributed by atoms with Crippen LogP contribution in [0.5, 0.6) is 5.75 Å². The van der Waals surface area contributed by atoms with E-state index in [1.54, 1.807) is 11.3 Å². The summed E-state index contributed by atoms with van der Waals surface area (Å²) in [5.41, 5.74) is 2.08. The van der Waals surface area contributed by atoms with Crippen LogP contribution in [0.4, 0.5) is 5.13 Å². The Balaban J connectivity index is 1.38. The predicted octanol–water partition coefficient (Wildman–Crippen LogP) is 5.19. The lowest BCUT2D eigenvalue weighted by molar-refractivity contribution is -0.138. The Kier molecular flexibility index (Phi) is 6.16. The van der Waals surface area contributed by atoms with Gasteiger partial charge in [0, 0.05) is 31.2 Å². The van der Waals surface area contributed by atoms with Gasteiger partial charge in [-0.2, -0.15) is 0 Å². The quantitative estimate of drug-likeness (QED) is 0.544. The molecule has 1 saturated heterocycles. The number of hydrogen-bond acceptors (Lipinski definition) is 5. The fourth-order valence-electron chi connectivity index (χ4n) is 3.70. The lowest BCUT2D eigenvalue weighted by Crippen LogP contribution is -2.52. The molecule has 3 aromatic rings. The van der Waals surface area contributed by atoms with Gasteiger partial charge in [-0.25, -0.2) is 4.98 Å². The summed E-state index contributed by atoms with van der Waals surface area (Å²) in [5, 5.41) is 1.70. The van der Waals surface area contributed by atoms with Crippen molar-refractivity contribution in [1.82, 2.24) is 9.88 Å². The predicted molar refractivity (Wildman–Crippen MR) is 124 cm³/mol. The summed E-state index contributed by atoms with van der Waals surface area (Å²) in [4.78, 5) is 21.8. The Bertz CT molecular complexity index is 1040. The van der Waals surface area contributed by atoms with Crippen molar-refractivity contribution < 1.29 is 9.53 Å². The minimum atomic E-state index is -0.513. The van der Waals surface area contributed by atoms with E-state index in [-0.39, 0.29) is 5.91 Å². The van der Waals surface area contributed by atoms with Crippen LogP contribution in [0.3, 0.4) is 0 Å². The molecular weight excluding hydrogens is 418 g/mol. The molecule has 158 valence electrons. The van der Waals surface area contributed by atoms with Gasteiger partial charge in [0.2, 0.25) is 0 Å². The van der Waals surface area contributed by atoms with Gasteiger partial charge in [0.25, 0.3) is 5.91 Å². The third-order valence-electron chi connectivity index (χ3n) is 5.39. The molecule has 30 heavy (non-hydrogen) atoms. The lowest BCUT2D eigenvalue weighted by atomic mass is 10.0. The number of carbonyl (C=O) groups is 1. The lowest BCUT2D eigenvalue weighted by Gasteiger charge is -2.35. The second kappa shape index (κ2) is 8.82. The number of anilines is 1. The molecule has 2 aromatic carbocycles. The van der Waals surface area contributed by atoms with Crippen LogP contribution in [0.1, 0.15) is 32.3 Å². The topological polar surface area (TPSA) is 45.7 Å². The first-order valence-electron chi connectivity index (χ1n) is 10.3. The highest BCUT2D eigenvalue weighted by Gasteiger charge is 2.27. The number of rotatable bonds is 5. The molecule has 1 amide bonds. The number of ether oxygens (including phenoxy) is 1. The van der Waals surface area contributed by atoms with Gasteiger partial charge in [0.05, 0.1) is 10.2 Å². The number of benzene rings is 2. The summed E-state index contributed by atoms with van der Waals surface area (Å²) >= 11 is 7.73. The summed E-state index contributed by atoms with van der Waals surface area (Å²) in [6.07, 6.45) is -0.513. The molecule has 0 spiro atoms. The van der Waals surface area contributed by atoms with E-state index in [2.05, 4.69) is 24.8 Å². The maximum Gasteiger partial charge on any atom is 0.263 e. The number of thiazole rings is 1. The summed E-state index contributed by atoms with van der Waals surface area (Å²) in [5.74, 6) is 1.17. The van der Waals surface area contributed by atoms with Gasteiger partial charge in [-0.05, 0) is 42.7 Å². The van der Waals surface area contributed by atoms with E-state index in [0.29, 0.717) is 19.0 Å². The van der Waals surface area contributed by atoms with Crippen LogP contribution in [0.15, 0.2) is 42.5 Å². The van der Waals surface area contributed by atoms with E-state index in [0.717, 1.165) is 44.8 Å². The minimum Gasteiger partial charge on any atom is -0.481 e. The molecule has 1 aliphatic heterocycles. The normalized spacial score (nSPS) is 15.6. The van der Waals surface area contributed by atoms with Crippen LogP contribution in [0.2, 0.25) is 5.02 Å². The van der Waals surface area contributed by atoms with Crippen LogP contribution >= 0.6 is 22.9 Å². The average Bonchev–Trinajstić information content (AvgIpc) is 3.16. The van der Waals surface area contributed by atoms with Crippen molar-refractivity contribution in [2.24, 2.45) is 0 Å². The van der Waals surface area contributed by atoms with E-state index in [9.17, 15) is 4.79 Å². The fourth-order valence-corrected chi connectivity index (χ4v) is 5.00. The number of carbonyl (C=O) groups excluding carboxylic acids is 1. The Morgan fingerprint density at radius 3 is 2.57 bits per heavy atom. The summed E-state index contributed by atoms with van der Waals surface area (Å²) in [6, 6.07) is 13.7. The van der Waals surface area contributed by atoms with Gasteiger partial charge in [0.15, 0.2) is 11.2 Å². The average molecular weight is 444 g/mol. The van der Waals surface area contributed by atoms with Crippen LogP contribution in [-0.4, -0.2) is 48.1 Å². The second-order valence-corrected chi connectivity index (χ2v) is 9.32. The SMILES string of the molecule is CC(Oc1ccccc1C(C)C)C(=O)N1CCN(c2nc3ccc(Cl)cc3s2)CC1. The van der Waals surface area contributed by atoms with Crippen molar-refractivity contribution in [3.05, 3.63) is 53.1 Å². The smallest absolute Gasteiger partial charge is 0.263 e. The van der Waals surface area contributed by atoms with Crippen molar-refractivity contribution in [2.45, 2.75) is 32.8 Å². The molecule has 1 aromatic heterocycles. The van der Waals surface area contributed by atoms with Crippen LogP contribution < -0.4 is 9.64 Å². The number of aromatic nitrogens is 1. The first-order chi connectivity index (χ1) is 14.4. The van der Waals surface area contributed by atoms with Crippen LogP contribution in [0.25, 0.3) is 10.2 Å². The Labute approximate surface area is 186 Å². The Morgan fingerprint density at radius 1 is 1.10 bits per heavy atom. The van der Waals surface area contributed by atoms with Crippen LogP contribution in [0, 0.1) is 0 Å². The zero-order valence-corrected chi connectivity index (χ0v) is 19.0. The van der Waals surface area contributed by atoms with E-state index in [1.807, 2.05) is 48.2 Å². The molecule has 0 radical (unpaired) electrons. The zero-order chi connectivity index (χ0) is 21.3. The van der Waals surface area contributed by atoms with Gasteiger partial charge >= 0.3 is 0 Å². The monoisotopic (exact) mass is 443 g/mol. The molecule has 4 rings (SSSR count). The second-order valence-electron chi connectivity index (χ2n) is 7.87. The van der Waals surface area contributed by atoms with Gasteiger partial charge < -0.3 is 14.5 Å². The molecule has 0 bridgehead atoms. The third-order valence-corrected chi connectivity index (χ3v) is 6.71. The van der Waals surface area contributed by atoms with Crippen molar-refractivity contribution in [3.8, 4) is 5.75 Å². The van der Waals surface area contributed by atoms with Gasteiger partial charge in [0.1, 0.15) is 5.75 Å². The molecule has 1 fully saturated rings. The van der Waals surface area contributed by atoms with E-state index >= 15 is 0 Å². The number of para-hydroxylation sites is 1. The molecule has 1 atom stereocenters. The number of hydrogen-bond donors (Lipinski definition) is 0. The van der Waals surface area contributed by atoms with Crippen molar-refractivity contribution in [1.29, 1.82) is 0 Å².